The van der Waals surface area contributed by atoms with Crippen molar-refractivity contribution in [1.82, 2.24) is 0 Å². The molecule has 4 aromatic carbocycles. The molecule has 2 aromatic heterocycles. The minimum atomic E-state index is 1.14. The van der Waals surface area contributed by atoms with Gasteiger partial charge in [-0.2, -0.15) is 0 Å². The van der Waals surface area contributed by atoms with Gasteiger partial charge in [-0.3, -0.25) is 0 Å². The fraction of sp³-hybridized carbons (Fsp3) is 0. The summed E-state index contributed by atoms with van der Waals surface area (Å²) in [6.07, 6.45) is 0. The summed E-state index contributed by atoms with van der Waals surface area (Å²) in [5.41, 5.74) is 0. The standard InChI is InChI=1S/C22H11BrS2/c23-14-5-6-16-20(11-14)24-18-8-7-15-17-9-12-3-1-2-4-13(12)10-19(17)25-22(15)21(16)18/h1-11H. The molecule has 0 N–H and O–H groups in total. The van der Waals surface area contributed by atoms with Gasteiger partial charge in [0.1, 0.15) is 0 Å². The number of thiophene rings is 2. The lowest BCUT2D eigenvalue weighted by Crippen LogP contribution is -1.72. The van der Waals surface area contributed by atoms with Crippen LogP contribution in [0.2, 0.25) is 0 Å². The Labute approximate surface area is 160 Å². The molecule has 6 rings (SSSR count). The topological polar surface area (TPSA) is 0 Å². The average Bonchev–Trinajstić information content (AvgIpc) is 3.16. The highest BCUT2D eigenvalue weighted by atomic mass is 79.9. The second-order valence-corrected chi connectivity index (χ2v) is 9.41. The van der Waals surface area contributed by atoms with Crippen molar-refractivity contribution in [1.29, 1.82) is 0 Å². The molecule has 3 heteroatoms. The van der Waals surface area contributed by atoms with E-state index in [1.807, 2.05) is 22.7 Å². The molecule has 0 unspecified atom stereocenters. The summed E-state index contributed by atoms with van der Waals surface area (Å²) in [4.78, 5) is 0. The number of benzene rings is 4. The van der Waals surface area contributed by atoms with Gasteiger partial charge >= 0.3 is 0 Å². The van der Waals surface area contributed by atoms with Crippen molar-refractivity contribution >= 4 is 89.7 Å². The molecular weight excluding hydrogens is 408 g/mol. The first kappa shape index (κ1) is 14.3. The van der Waals surface area contributed by atoms with E-state index in [0.29, 0.717) is 0 Å². The summed E-state index contributed by atoms with van der Waals surface area (Å²) in [5.74, 6) is 0. The molecule has 2 heterocycles. The Kier molecular flexibility index (Phi) is 2.87. The van der Waals surface area contributed by atoms with Gasteiger partial charge in [0.2, 0.25) is 0 Å². The van der Waals surface area contributed by atoms with E-state index in [-0.39, 0.29) is 0 Å². The van der Waals surface area contributed by atoms with Crippen molar-refractivity contribution in [3.8, 4) is 0 Å². The summed E-state index contributed by atoms with van der Waals surface area (Å²) < 4.78 is 6.65. The average molecular weight is 419 g/mol. The predicted molar refractivity (Wildman–Crippen MR) is 117 cm³/mol. The lowest BCUT2D eigenvalue weighted by atomic mass is 10.0. The van der Waals surface area contributed by atoms with Crippen molar-refractivity contribution in [3.63, 3.8) is 0 Å². The van der Waals surface area contributed by atoms with Crippen LogP contribution < -0.4 is 0 Å². The highest BCUT2D eigenvalue weighted by Crippen LogP contribution is 2.45. The normalized spacial score (nSPS) is 12.2. The van der Waals surface area contributed by atoms with E-state index in [1.54, 1.807) is 0 Å². The van der Waals surface area contributed by atoms with Crippen LogP contribution in [-0.4, -0.2) is 0 Å². The molecule has 6 aromatic rings. The van der Waals surface area contributed by atoms with Gasteiger partial charge in [0, 0.05) is 44.8 Å². The SMILES string of the molecule is Brc1ccc2c(c1)sc1ccc3c4cc5ccccc5cc4sc3c12. The molecule has 0 bridgehead atoms. The third-order valence-electron chi connectivity index (χ3n) is 4.90. The number of halogens is 1. The highest BCUT2D eigenvalue weighted by molar-refractivity contribution is 9.10. The maximum atomic E-state index is 3.60. The second-order valence-electron chi connectivity index (χ2n) is 6.36. The molecule has 0 aliphatic heterocycles. The zero-order valence-corrected chi connectivity index (χ0v) is 16.3. The van der Waals surface area contributed by atoms with Crippen LogP contribution in [0.1, 0.15) is 0 Å². The van der Waals surface area contributed by atoms with E-state index in [2.05, 4.69) is 82.7 Å². The molecule has 118 valence electrons. The monoisotopic (exact) mass is 418 g/mol. The molecule has 0 radical (unpaired) electrons. The molecule has 0 saturated heterocycles. The first-order chi connectivity index (χ1) is 12.3. The largest absolute Gasteiger partial charge is 0.135 e. The number of hydrogen-bond donors (Lipinski definition) is 0. The van der Waals surface area contributed by atoms with Crippen LogP contribution in [0.5, 0.6) is 0 Å². The summed E-state index contributed by atoms with van der Waals surface area (Å²) in [7, 11) is 0. The molecule has 0 nitrogen and oxygen atoms in total. The first-order valence-corrected chi connectivity index (χ1v) is 10.6. The fourth-order valence-corrected chi connectivity index (χ4v) is 6.78. The van der Waals surface area contributed by atoms with Crippen LogP contribution in [0.25, 0.3) is 51.1 Å². The van der Waals surface area contributed by atoms with Crippen LogP contribution in [0, 0.1) is 0 Å². The summed E-state index contributed by atoms with van der Waals surface area (Å²) in [5, 5.41) is 8.16. The van der Waals surface area contributed by atoms with E-state index in [4.69, 9.17) is 0 Å². The van der Waals surface area contributed by atoms with Gasteiger partial charge < -0.3 is 0 Å². The number of rotatable bonds is 0. The van der Waals surface area contributed by atoms with Crippen molar-refractivity contribution in [2.45, 2.75) is 0 Å². The van der Waals surface area contributed by atoms with E-state index in [9.17, 15) is 0 Å². The maximum Gasteiger partial charge on any atom is 0.0448 e. The second kappa shape index (κ2) is 5.04. The molecule has 0 saturated carbocycles. The summed E-state index contributed by atoms with van der Waals surface area (Å²) >= 11 is 7.41. The Morgan fingerprint density at radius 3 is 2.24 bits per heavy atom. The summed E-state index contributed by atoms with van der Waals surface area (Å²) in [6.45, 7) is 0. The molecule has 0 amide bonds. The zero-order valence-electron chi connectivity index (χ0n) is 13.0. The van der Waals surface area contributed by atoms with Crippen LogP contribution >= 0.6 is 38.6 Å². The third-order valence-corrected chi connectivity index (χ3v) is 7.70. The molecular formula is C22H11BrS2. The summed E-state index contributed by atoms with van der Waals surface area (Å²) in [6, 6.07) is 24.5. The van der Waals surface area contributed by atoms with Crippen LogP contribution in [0.4, 0.5) is 0 Å². The van der Waals surface area contributed by atoms with Crippen LogP contribution in [-0.2, 0) is 0 Å². The van der Waals surface area contributed by atoms with Gasteiger partial charge in [-0.25, -0.2) is 0 Å². The van der Waals surface area contributed by atoms with Gasteiger partial charge in [0.05, 0.1) is 0 Å². The van der Waals surface area contributed by atoms with Gasteiger partial charge in [0.25, 0.3) is 0 Å². The van der Waals surface area contributed by atoms with E-state index in [1.165, 1.54) is 51.1 Å². The number of hydrogen-bond acceptors (Lipinski definition) is 2. The predicted octanol–water partition coefficient (Wildman–Crippen LogP) is 8.34. The maximum absolute atomic E-state index is 3.60. The molecule has 0 atom stereocenters. The van der Waals surface area contributed by atoms with Gasteiger partial charge in [-0.1, -0.05) is 52.3 Å². The minimum Gasteiger partial charge on any atom is -0.135 e. The van der Waals surface area contributed by atoms with E-state index in [0.717, 1.165) is 4.47 Å². The fourth-order valence-electron chi connectivity index (χ4n) is 3.75. The Balaban J connectivity index is 1.85. The van der Waals surface area contributed by atoms with E-state index < -0.39 is 0 Å². The molecule has 0 aliphatic carbocycles. The molecule has 0 aliphatic rings. The highest BCUT2D eigenvalue weighted by Gasteiger charge is 2.13. The first-order valence-electron chi connectivity index (χ1n) is 8.14. The Morgan fingerprint density at radius 2 is 1.36 bits per heavy atom. The quantitative estimate of drug-likeness (QED) is 0.232. The smallest absolute Gasteiger partial charge is 0.0448 e. The Bertz CT molecular complexity index is 1450. The van der Waals surface area contributed by atoms with Crippen LogP contribution in [0.15, 0.2) is 71.2 Å². The zero-order chi connectivity index (χ0) is 16.5. The Morgan fingerprint density at radius 1 is 0.600 bits per heavy atom. The van der Waals surface area contributed by atoms with Crippen molar-refractivity contribution in [2.75, 3.05) is 0 Å². The number of fused-ring (bicyclic) bond motifs is 8. The van der Waals surface area contributed by atoms with Crippen molar-refractivity contribution < 1.29 is 0 Å². The van der Waals surface area contributed by atoms with Crippen molar-refractivity contribution in [3.05, 3.63) is 71.2 Å². The van der Waals surface area contributed by atoms with Crippen LogP contribution in [0.3, 0.4) is 0 Å². The Hall–Kier alpha value is -1.94. The van der Waals surface area contributed by atoms with E-state index >= 15 is 0 Å². The third kappa shape index (κ3) is 1.97. The molecule has 25 heavy (non-hydrogen) atoms. The van der Waals surface area contributed by atoms with Gasteiger partial charge in [0.15, 0.2) is 0 Å². The molecule has 0 fully saturated rings. The lowest BCUT2D eigenvalue weighted by Gasteiger charge is -1.98. The van der Waals surface area contributed by atoms with Crippen molar-refractivity contribution in [2.24, 2.45) is 0 Å². The van der Waals surface area contributed by atoms with Gasteiger partial charge in [-0.15, -0.1) is 22.7 Å². The lowest BCUT2D eigenvalue weighted by molar-refractivity contribution is 1.78. The minimum absolute atomic E-state index is 1.14. The molecule has 0 spiro atoms. The van der Waals surface area contributed by atoms with Gasteiger partial charge in [-0.05, 0) is 41.1 Å².